The molecule has 2 saturated carbocycles. The molecule has 0 saturated heterocycles. The number of aliphatic hydroxyl groups is 1. The smallest absolute Gasteiger partial charge is 0.254 e. The van der Waals surface area contributed by atoms with Crippen LogP contribution in [0.25, 0.3) is 50.7 Å². The van der Waals surface area contributed by atoms with Crippen molar-refractivity contribution in [1.29, 1.82) is 0 Å². The van der Waals surface area contributed by atoms with Crippen LogP contribution in [0.3, 0.4) is 0 Å². The number of amides is 8. The lowest BCUT2D eigenvalue weighted by atomic mass is 9.89. The van der Waals surface area contributed by atoms with Crippen LogP contribution in [-0.4, -0.2) is 109 Å². The molecule has 4 aromatic heterocycles. The fraction of sp³-hybridized carbons (Fsp3) is 0.232. The van der Waals surface area contributed by atoms with Crippen molar-refractivity contribution >= 4 is 82.1 Å². The van der Waals surface area contributed by atoms with Gasteiger partial charge in [-0.25, -0.2) is 27.5 Å². The maximum Gasteiger partial charge on any atom is 0.254 e. The largest absolute Gasteiger partial charge is 0.391 e. The highest BCUT2D eigenvalue weighted by Gasteiger charge is 2.34. The molecule has 21 N–H and O–H groups in total. The number of nitrogens with one attached hydrogen (secondary N) is 4. The van der Waals surface area contributed by atoms with Crippen LogP contribution in [0.4, 0.5) is 32.1 Å². The van der Waals surface area contributed by atoms with Crippen molar-refractivity contribution < 1.29 is 61.8 Å². The van der Waals surface area contributed by atoms with Crippen molar-refractivity contribution in [3.63, 3.8) is 0 Å². The number of carbonyl (C=O) groups is 10. The molecular formula is C99H104F2N20O11. The topological polar surface area (TPSA) is 518 Å². The van der Waals surface area contributed by atoms with E-state index in [2.05, 4.69) is 41.7 Å². The minimum atomic E-state index is -0.892. The third-order valence-corrected chi connectivity index (χ3v) is 22.9. The number of nitrogens with zero attached hydrogens (tertiary/aromatic N) is 8. The van der Waals surface area contributed by atoms with E-state index in [0.717, 1.165) is 68.1 Å². The third kappa shape index (κ3) is 22.5. The van der Waals surface area contributed by atoms with Gasteiger partial charge in [0, 0.05) is 102 Å². The van der Waals surface area contributed by atoms with Gasteiger partial charge in [0.2, 0.25) is 0 Å². The molecule has 0 radical (unpaired) electrons. The molecule has 0 bridgehead atoms. The molecule has 680 valence electrons. The van der Waals surface area contributed by atoms with Crippen LogP contribution in [-0.2, 0) is 42.3 Å². The van der Waals surface area contributed by atoms with Crippen molar-refractivity contribution in [2.24, 2.45) is 28.3 Å². The molecule has 4 heterocycles. The monoisotopic (exact) mass is 1790 g/mol. The average molecular weight is 1790 g/mol. The van der Waals surface area contributed by atoms with E-state index in [9.17, 15) is 61.8 Å². The first kappa shape index (κ1) is 95.1. The van der Waals surface area contributed by atoms with E-state index < -0.39 is 41.4 Å². The molecule has 3 atom stereocenters. The van der Waals surface area contributed by atoms with Crippen LogP contribution in [0.5, 0.6) is 0 Å². The van der Waals surface area contributed by atoms with Gasteiger partial charge in [0.1, 0.15) is 91.4 Å². The summed E-state index contributed by atoms with van der Waals surface area (Å²) in [6.07, 6.45) is 3.21. The summed E-state index contributed by atoms with van der Waals surface area (Å²) in [4.78, 5) is 122. The van der Waals surface area contributed by atoms with Crippen LogP contribution in [0.2, 0.25) is 0 Å². The molecule has 9 aromatic carbocycles. The summed E-state index contributed by atoms with van der Waals surface area (Å²) in [5, 5.41) is 39.9. The first-order chi connectivity index (χ1) is 62.9. The normalized spacial score (nSPS) is 13.7. The van der Waals surface area contributed by atoms with Gasteiger partial charge in [0.15, 0.2) is 5.82 Å². The third-order valence-electron chi connectivity index (χ3n) is 22.9. The molecule has 13 aromatic rings. The van der Waals surface area contributed by atoms with Crippen LogP contribution >= 0.6 is 0 Å². The lowest BCUT2D eigenvalue weighted by Gasteiger charge is -2.25. The van der Waals surface area contributed by atoms with E-state index in [1.54, 1.807) is 76.1 Å². The number of benzene rings is 9. The van der Waals surface area contributed by atoms with Crippen molar-refractivity contribution in [2.75, 3.05) is 22.9 Å². The minimum Gasteiger partial charge on any atom is -0.391 e. The number of ketones is 2. The van der Waals surface area contributed by atoms with E-state index in [0.29, 0.717) is 119 Å². The number of Topliss-reactive ketones (excluding diaryl/α,β-unsaturated/α-hetero) is 2. The number of rotatable bonds is 25. The number of halogens is 2. The predicted octanol–water partition coefficient (Wildman–Crippen LogP) is 12.5. The van der Waals surface area contributed by atoms with Crippen LogP contribution in [0.15, 0.2) is 212 Å². The summed E-state index contributed by atoms with van der Waals surface area (Å²) < 4.78 is 33.2. The molecule has 3 unspecified atom stereocenters. The van der Waals surface area contributed by atoms with Crippen LogP contribution in [0, 0.1) is 44.7 Å². The van der Waals surface area contributed by atoms with E-state index >= 15 is 0 Å². The standard InChI is InChI=1S/C25H21F2N5O2.C25H27N5O3.C25H31N5O3.C24H25N5O3/c1-14-4-2-3-5-18(14)25(34)30-13-15-6-8-16(9-7-15)22-21(24(29)33)23(28)32(31-22)20-11-10-17(26)12-19(20)27;1-15-5-2-3-8-20(15)25(33)28-14-16-9-11-17(12-10-16)22-21(24(27)32)23(26)30(29-22)18-6-4-7-19(31)13-18;1-15-7-5-6-8-18(15)24(33)28-13-16-9-11-17(12-10-16)21-20(23(27)32)22(26)30(29-21)14-19(31)25(2,3)4;1-14-4-2-3-5-19(14)24(32)27-13-15-6-8-16(9-7-15)21-20(23(26)31)22(25)29(28-21)17-10-11-18(30)12-17/h2-12H,13,28H2,1H3,(H2,29,33)(H,30,34);2-3,5,8-12,18H,4,6-7,13-14,26H2,1H3,(H2,27,32)(H,28,33);5-12,19,31H,13-14,26H2,1-4H3,(H2,27,32)(H,28,33);2-9,17H,10-13,25H2,1H3,(H2,26,31)(H,27,32). The quantitative estimate of drug-likeness (QED) is 0.0253. The lowest BCUT2D eigenvalue weighted by Crippen LogP contribution is -2.31. The summed E-state index contributed by atoms with van der Waals surface area (Å²) in [6, 6.07) is 61.0. The lowest BCUT2D eigenvalue weighted by molar-refractivity contribution is -0.121. The summed E-state index contributed by atoms with van der Waals surface area (Å²) in [5.74, 6) is -4.46. The van der Waals surface area contributed by atoms with Gasteiger partial charge in [-0.2, -0.15) is 20.4 Å². The highest BCUT2D eigenvalue weighted by Crippen LogP contribution is 2.38. The summed E-state index contributed by atoms with van der Waals surface area (Å²) in [6.45, 7) is 14.8. The first-order valence-corrected chi connectivity index (χ1v) is 42.5. The van der Waals surface area contributed by atoms with E-state index in [1.807, 2.05) is 176 Å². The van der Waals surface area contributed by atoms with Crippen molar-refractivity contribution in [2.45, 2.75) is 144 Å². The zero-order chi connectivity index (χ0) is 95.1. The summed E-state index contributed by atoms with van der Waals surface area (Å²) in [7, 11) is 0. The van der Waals surface area contributed by atoms with Gasteiger partial charge in [-0.3, -0.25) is 47.9 Å². The Morgan fingerprint density at radius 1 is 0.409 bits per heavy atom. The molecule has 0 spiro atoms. The van der Waals surface area contributed by atoms with Gasteiger partial charge < -0.3 is 72.2 Å². The minimum absolute atomic E-state index is 0.0793. The number of carbonyl (C=O) groups excluding carboxylic acids is 10. The molecular weight excluding hydrogens is 1680 g/mol. The van der Waals surface area contributed by atoms with E-state index in [-0.39, 0.29) is 123 Å². The van der Waals surface area contributed by atoms with Crippen molar-refractivity contribution in [3.05, 3.63) is 313 Å². The number of aryl methyl sites for hydroxylation is 4. The SMILES string of the molecule is Cc1ccccc1C(=O)NCc1ccc(-c2nn(-c3ccc(F)cc3F)c(N)c2C(N)=O)cc1.Cc1ccccc1C(=O)NCc1ccc(-c2nn(C3CCC(=O)C3)c(N)c2C(N)=O)cc1.Cc1ccccc1C(=O)NCc1ccc(-c2nn(C3CCCC(=O)C3)c(N)c2C(N)=O)cc1.Cc1ccccc1C(=O)NCc1ccc(-c2nn(CC(O)C(C)(C)C)c(N)c2C(N)=O)cc1. The van der Waals surface area contributed by atoms with Crippen LogP contribution < -0.4 is 67.1 Å². The zero-order valence-electron chi connectivity index (χ0n) is 73.9. The Morgan fingerprint density at radius 3 is 1.03 bits per heavy atom. The van der Waals surface area contributed by atoms with Gasteiger partial charge >= 0.3 is 0 Å². The van der Waals surface area contributed by atoms with Gasteiger partial charge in [-0.15, -0.1) is 0 Å². The average Bonchev–Trinajstić information content (AvgIpc) is 1.67. The number of nitrogen functional groups attached to an aromatic ring is 4. The highest BCUT2D eigenvalue weighted by atomic mass is 19.1. The molecule has 2 aliphatic carbocycles. The molecule has 15 rings (SSSR count). The fourth-order valence-corrected chi connectivity index (χ4v) is 15.3. The molecule has 0 aliphatic heterocycles. The zero-order valence-corrected chi connectivity index (χ0v) is 73.9. The van der Waals surface area contributed by atoms with E-state index in [4.69, 9.17) is 45.9 Å². The maximum absolute atomic E-state index is 14.3. The molecule has 2 aliphatic rings. The van der Waals surface area contributed by atoms with Gasteiger partial charge in [0.05, 0.1) is 24.7 Å². The fourth-order valence-electron chi connectivity index (χ4n) is 15.3. The number of anilines is 4. The summed E-state index contributed by atoms with van der Waals surface area (Å²) >= 11 is 0. The van der Waals surface area contributed by atoms with E-state index in [1.165, 1.54) is 10.7 Å². The Balaban J connectivity index is 0.000000159. The van der Waals surface area contributed by atoms with Gasteiger partial charge in [-0.05, 0) is 133 Å². The summed E-state index contributed by atoms with van der Waals surface area (Å²) in [5.41, 5.74) is 60.2. The Bertz CT molecular complexity index is 6530. The molecule has 33 heteroatoms. The highest BCUT2D eigenvalue weighted by molar-refractivity contribution is 6.07. The molecule has 8 amide bonds. The second-order valence-electron chi connectivity index (χ2n) is 33.4. The Kier molecular flexibility index (Phi) is 30.1. The second-order valence-corrected chi connectivity index (χ2v) is 33.4. The van der Waals surface area contributed by atoms with Crippen molar-refractivity contribution in [1.82, 2.24) is 60.4 Å². The Labute approximate surface area is 759 Å². The molecule has 132 heavy (non-hydrogen) atoms. The Hall–Kier alpha value is -16.1. The maximum atomic E-state index is 14.3. The predicted molar refractivity (Wildman–Crippen MR) is 499 cm³/mol. The van der Waals surface area contributed by atoms with Gasteiger partial charge in [-0.1, -0.05) is 191 Å². The molecule has 31 nitrogen and oxygen atoms in total. The molecule has 2 fully saturated rings. The number of hydrogen-bond acceptors (Lipinski definition) is 19. The van der Waals surface area contributed by atoms with Crippen LogP contribution in [0.1, 0.15) is 205 Å². The van der Waals surface area contributed by atoms with Crippen molar-refractivity contribution in [3.8, 4) is 50.7 Å². The Morgan fingerprint density at radius 2 is 0.720 bits per heavy atom. The number of aromatic nitrogens is 8. The first-order valence-electron chi connectivity index (χ1n) is 42.5. The second kappa shape index (κ2) is 41.8. The number of hydrogen-bond donors (Lipinski definition) is 13. The number of aliphatic hydroxyl groups excluding tert-OH is 1. The van der Waals surface area contributed by atoms with Gasteiger partial charge in [0.25, 0.3) is 47.3 Å². The number of primary amides is 4. The number of nitrogens with two attached hydrogens (primary N) is 8.